The third kappa shape index (κ3) is 53.6. The van der Waals surface area contributed by atoms with Gasteiger partial charge in [-0.15, -0.1) is 0 Å². The lowest BCUT2D eigenvalue weighted by atomic mass is 10.1. The first kappa shape index (κ1) is 65.4. The second kappa shape index (κ2) is 49.4. The van der Waals surface area contributed by atoms with Gasteiger partial charge >= 0.3 is 11.9 Å². The monoisotopic (exact) mass is 980 g/mol. The van der Waals surface area contributed by atoms with Crippen LogP contribution in [0.3, 0.4) is 0 Å². The summed E-state index contributed by atoms with van der Waals surface area (Å²) in [5.41, 5.74) is 0. The maximum atomic E-state index is 12.7. The number of unbranched alkanes of at least 4 members (excludes halogenated alkanes) is 13. The van der Waals surface area contributed by atoms with Crippen LogP contribution in [0.2, 0.25) is 0 Å². The van der Waals surface area contributed by atoms with Crippen LogP contribution in [0, 0.1) is 0 Å². The molecule has 2 unspecified atom stereocenters. The lowest BCUT2D eigenvalue weighted by molar-refractivity contribution is -0.870. The molecule has 0 rings (SSSR count). The number of ether oxygens (including phenoxy) is 2. The minimum absolute atomic E-state index is 0.0428. The van der Waals surface area contributed by atoms with E-state index in [9.17, 15) is 19.0 Å². The van der Waals surface area contributed by atoms with Gasteiger partial charge in [0.25, 0.3) is 7.82 Å². The molecule has 0 aliphatic carbocycles. The van der Waals surface area contributed by atoms with Gasteiger partial charge in [-0.3, -0.25) is 14.2 Å². The number of hydrogen-bond acceptors (Lipinski definition) is 8. The Kier molecular flexibility index (Phi) is 46.8. The van der Waals surface area contributed by atoms with Crippen LogP contribution in [0.25, 0.3) is 0 Å². The summed E-state index contributed by atoms with van der Waals surface area (Å²) in [5, 5.41) is 0. The minimum atomic E-state index is -4.64. The first-order valence-corrected chi connectivity index (χ1v) is 28.2. The third-order valence-electron chi connectivity index (χ3n) is 10.7. The normalized spacial score (nSPS) is 14.3. The predicted octanol–water partition coefficient (Wildman–Crippen LogP) is 15.8. The second-order valence-electron chi connectivity index (χ2n) is 18.5. The van der Waals surface area contributed by atoms with Crippen LogP contribution < -0.4 is 4.89 Å². The van der Waals surface area contributed by atoms with Crippen LogP contribution >= 0.6 is 7.82 Å². The van der Waals surface area contributed by atoms with Crippen molar-refractivity contribution in [1.29, 1.82) is 0 Å². The highest BCUT2D eigenvalue weighted by atomic mass is 31.2. The van der Waals surface area contributed by atoms with Gasteiger partial charge in [0, 0.05) is 12.8 Å². The fraction of sp³-hybridized carbons (Fsp3) is 0.627. The third-order valence-corrected chi connectivity index (χ3v) is 11.7. The van der Waals surface area contributed by atoms with Gasteiger partial charge in [-0.1, -0.05) is 187 Å². The first-order valence-electron chi connectivity index (χ1n) is 26.7. The maximum Gasteiger partial charge on any atom is 0.306 e. The van der Waals surface area contributed by atoms with Crippen LogP contribution in [0.15, 0.2) is 122 Å². The molecule has 10 heteroatoms. The van der Waals surface area contributed by atoms with Gasteiger partial charge in [-0.2, -0.15) is 0 Å². The Morgan fingerprint density at radius 2 is 0.826 bits per heavy atom. The van der Waals surface area contributed by atoms with E-state index in [1.807, 2.05) is 21.1 Å². The fourth-order valence-electron chi connectivity index (χ4n) is 6.58. The predicted molar refractivity (Wildman–Crippen MR) is 291 cm³/mol. The Balaban J connectivity index is 4.24. The number of quaternary nitrogens is 1. The van der Waals surface area contributed by atoms with Crippen LogP contribution in [0.1, 0.15) is 187 Å². The number of carbonyl (C=O) groups is 2. The second-order valence-corrected chi connectivity index (χ2v) is 19.9. The van der Waals surface area contributed by atoms with Gasteiger partial charge < -0.3 is 27.9 Å². The van der Waals surface area contributed by atoms with Gasteiger partial charge in [0.05, 0.1) is 27.7 Å². The molecule has 0 aromatic rings. The van der Waals surface area contributed by atoms with Crippen molar-refractivity contribution in [3.05, 3.63) is 122 Å². The molecule has 0 heterocycles. The van der Waals surface area contributed by atoms with E-state index in [0.717, 1.165) is 128 Å². The van der Waals surface area contributed by atoms with E-state index in [2.05, 4.69) is 135 Å². The van der Waals surface area contributed by atoms with Crippen molar-refractivity contribution >= 4 is 19.8 Å². The number of phosphoric ester groups is 1. The lowest BCUT2D eigenvalue weighted by Gasteiger charge is -2.28. The van der Waals surface area contributed by atoms with E-state index >= 15 is 0 Å². The molecule has 0 saturated carbocycles. The Bertz CT molecular complexity index is 1580. The summed E-state index contributed by atoms with van der Waals surface area (Å²) >= 11 is 0. The molecule has 0 aliphatic heterocycles. The lowest BCUT2D eigenvalue weighted by Crippen LogP contribution is -2.37. The van der Waals surface area contributed by atoms with Crippen molar-refractivity contribution in [2.75, 3.05) is 47.5 Å². The smallest absolute Gasteiger partial charge is 0.306 e. The SMILES string of the molecule is CC/C=C\C/C=C\C/C=C\C/C=C\C/C=C\C/C=C\C/C=C\C/C=C\C/C=C\CCCCCCCC(=O)OC(COC(=O)CCCCCCC/C=C\CCCCC)COP(=O)([O-])OCC[N+](C)(C)C. The number of esters is 2. The van der Waals surface area contributed by atoms with Gasteiger partial charge in [0.2, 0.25) is 0 Å². The van der Waals surface area contributed by atoms with E-state index in [1.165, 1.54) is 19.3 Å². The molecule has 0 spiro atoms. The van der Waals surface area contributed by atoms with Gasteiger partial charge in [-0.05, 0) is 109 Å². The van der Waals surface area contributed by atoms with Crippen LogP contribution in [0.5, 0.6) is 0 Å². The molecule has 0 fully saturated rings. The van der Waals surface area contributed by atoms with Crippen LogP contribution in [-0.4, -0.2) is 70.0 Å². The molecular weight excluding hydrogens is 882 g/mol. The van der Waals surface area contributed by atoms with Gasteiger partial charge in [0.1, 0.15) is 19.8 Å². The molecule has 0 bridgehead atoms. The standard InChI is InChI=1S/C59H98NO8P/c1-6-8-10-12-14-16-18-20-21-22-23-24-25-26-27-28-29-30-31-32-33-34-35-36-37-38-39-40-42-44-46-48-50-52-59(62)68-57(56-67-69(63,64)66-54-53-60(3,4)5)55-65-58(61)51-49-47-45-43-41-19-17-15-13-11-9-7-2/h8,10,14-17,20-21,23-24,26-27,29-30,32-33,35-36,38-39,57H,6-7,9,11-13,18-19,22,25,28,31,34,37,40-56H2,1-5H3/b10-8-,16-14-,17-15-,21-20-,24-23-,27-26-,30-29-,33-32-,36-35-,39-38-. The average Bonchev–Trinajstić information content (AvgIpc) is 3.31. The van der Waals surface area contributed by atoms with Crippen molar-refractivity contribution in [2.24, 2.45) is 0 Å². The highest BCUT2D eigenvalue weighted by Crippen LogP contribution is 2.38. The minimum Gasteiger partial charge on any atom is -0.756 e. The fourth-order valence-corrected chi connectivity index (χ4v) is 7.31. The Hall–Kier alpha value is -3.59. The number of allylic oxidation sites excluding steroid dienone is 20. The Morgan fingerprint density at radius 3 is 1.25 bits per heavy atom. The molecule has 0 radical (unpaired) electrons. The van der Waals surface area contributed by atoms with E-state index in [-0.39, 0.29) is 26.1 Å². The zero-order chi connectivity index (χ0) is 50.6. The van der Waals surface area contributed by atoms with Crippen molar-refractivity contribution in [3.63, 3.8) is 0 Å². The summed E-state index contributed by atoms with van der Waals surface area (Å²) in [6.45, 7) is 4.03. The zero-order valence-corrected chi connectivity index (χ0v) is 45.1. The largest absolute Gasteiger partial charge is 0.756 e. The van der Waals surface area contributed by atoms with E-state index in [4.69, 9.17) is 18.5 Å². The van der Waals surface area contributed by atoms with Crippen LogP contribution in [-0.2, 0) is 32.7 Å². The number of rotatable bonds is 47. The molecule has 0 aromatic carbocycles. The number of nitrogens with zero attached hydrogens (tertiary/aromatic N) is 1. The summed E-state index contributed by atoms with van der Waals surface area (Å²) in [4.78, 5) is 37.7. The molecule has 0 aliphatic rings. The van der Waals surface area contributed by atoms with Gasteiger partial charge in [0.15, 0.2) is 6.10 Å². The number of hydrogen-bond donors (Lipinski definition) is 0. The summed E-state index contributed by atoms with van der Waals surface area (Å²) in [5.74, 6) is -0.878. The molecule has 9 nitrogen and oxygen atoms in total. The molecular formula is C59H98NO8P. The first-order chi connectivity index (χ1) is 33.5. The summed E-state index contributed by atoms with van der Waals surface area (Å²) in [7, 11) is 1.13. The highest BCUT2D eigenvalue weighted by molar-refractivity contribution is 7.45. The molecule has 0 aromatic heterocycles. The zero-order valence-electron chi connectivity index (χ0n) is 44.2. The number of likely N-dealkylation sites (N-methyl/N-ethyl adjacent to an activating group) is 1. The Morgan fingerprint density at radius 1 is 0.464 bits per heavy atom. The number of carbonyl (C=O) groups excluding carboxylic acids is 2. The van der Waals surface area contributed by atoms with E-state index < -0.39 is 32.5 Å². The molecule has 0 amide bonds. The summed E-state index contributed by atoms with van der Waals surface area (Å²) in [6, 6.07) is 0. The van der Waals surface area contributed by atoms with Crippen molar-refractivity contribution in [3.8, 4) is 0 Å². The average molecular weight is 980 g/mol. The number of phosphoric acid groups is 1. The van der Waals surface area contributed by atoms with E-state index in [0.29, 0.717) is 23.9 Å². The van der Waals surface area contributed by atoms with E-state index in [1.54, 1.807) is 0 Å². The molecule has 0 saturated heterocycles. The van der Waals surface area contributed by atoms with Crippen molar-refractivity contribution in [2.45, 2.75) is 193 Å². The van der Waals surface area contributed by atoms with Crippen molar-refractivity contribution in [1.82, 2.24) is 0 Å². The molecule has 2 atom stereocenters. The maximum absolute atomic E-state index is 12.7. The van der Waals surface area contributed by atoms with Crippen molar-refractivity contribution < 1.29 is 42.1 Å². The Labute approximate surface area is 422 Å². The topological polar surface area (TPSA) is 111 Å². The quantitative estimate of drug-likeness (QED) is 0.0195. The highest BCUT2D eigenvalue weighted by Gasteiger charge is 2.21. The molecule has 69 heavy (non-hydrogen) atoms. The van der Waals surface area contributed by atoms with Crippen LogP contribution in [0.4, 0.5) is 0 Å². The summed E-state index contributed by atoms with van der Waals surface area (Å²) < 4.78 is 34.0. The van der Waals surface area contributed by atoms with Gasteiger partial charge in [-0.25, -0.2) is 0 Å². The molecule has 0 N–H and O–H groups in total. The summed E-state index contributed by atoms with van der Waals surface area (Å²) in [6.07, 6.45) is 69.6. The molecule has 392 valence electrons.